The number of hydrogen-bond donors (Lipinski definition) is 0. The lowest BCUT2D eigenvalue weighted by atomic mass is 9.65. The van der Waals surface area contributed by atoms with Crippen molar-refractivity contribution in [2.24, 2.45) is 0 Å². The molecule has 0 bridgehead atoms. The van der Waals surface area contributed by atoms with Gasteiger partial charge in [0.05, 0.1) is 18.4 Å². The number of halogens is 2. The zero-order chi connectivity index (χ0) is 41.4. The van der Waals surface area contributed by atoms with Gasteiger partial charge in [-0.2, -0.15) is 0 Å². The van der Waals surface area contributed by atoms with Crippen molar-refractivity contribution in [2.75, 3.05) is 0 Å². The average Bonchev–Trinajstić information content (AvgIpc) is 4.00. The van der Waals surface area contributed by atoms with Crippen molar-refractivity contribution in [1.29, 1.82) is 0 Å². The highest BCUT2D eigenvalue weighted by atomic mass is 79.9. The van der Waals surface area contributed by atoms with E-state index in [9.17, 15) is 0 Å². The van der Waals surface area contributed by atoms with Gasteiger partial charge in [0.25, 0.3) is 0 Å². The quantitative estimate of drug-likeness (QED) is 0.0905. The van der Waals surface area contributed by atoms with Crippen LogP contribution >= 0.6 is 54.5 Å². The van der Waals surface area contributed by atoms with Gasteiger partial charge in [-0.15, -0.1) is 22.7 Å². The van der Waals surface area contributed by atoms with Crippen molar-refractivity contribution in [2.45, 2.75) is 116 Å². The number of thiophene rings is 2. The minimum atomic E-state index is -0.462. The van der Waals surface area contributed by atoms with E-state index in [-0.39, 0.29) is 0 Å². The van der Waals surface area contributed by atoms with E-state index in [4.69, 9.17) is 0 Å². The van der Waals surface area contributed by atoms with Crippen molar-refractivity contribution >= 4 is 54.5 Å². The Morgan fingerprint density at radius 1 is 0.367 bits per heavy atom. The summed E-state index contributed by atoms with van der Waals surface area (Å²) in [7, 11) is 0. The van der Waals surface area contributed by atoms with E-state index >= 15 is 0 Å². The van der Waals surface area contributed by atoms with Gasteiger partial charge in [-0.1, -0.05) is 150 Å². The molecule has 2 aromatic heterocycles. The van der Waals surface area contributed by atoms with Gasteiger partial charge in [0.1, 0.15) is 0 Å². The summed E-state index contributed by atoms with van der Waals surface area (Å²) in [4.78, 5) is 2.75. The molecule has 0 nitrogen and oxygen atoms in total. The molecule has 5 aromatic carbocycles. The summed E-state index contributed by atoms with van der Waals surface area (Å²) in [6.45, 7) is 9.15. The highest BCUT2D eigenvalue weighted by Gasteiger charge is 2.52. The predicted molar refractivity (Wildman–Crippen MR) is 267 cm³/mol. The van der Waals surface area contributed by atoms with Crippen LogP contribution in [-0.4, -0.2) is 0 Å². The van der Waals surface area contributed by atoms with E-state index in [1.807, 2.05) is 22.7 Å². The molecule has 0 N–H and O–H groups in total. The van der Waals surface area contributed by atoms with Gasteiger partial charge in [-0.3, -0.25) is 0 Å². The molecule has 306 valence electrons. The zero-order valence-corrected chi connectivity index (χ0v) is 40.4. The van der Waals surface area contributed by atoms with Crippen LogP contribution < -0.4 is 0 Å². The molecule has 0 amide bonds. The Kier molecular flexibility index (Phi) is 12.3. The minimum absolute atomic E-state index is 0.462. The summed E-state index contributed by atoms with van der Waals surface area (Å²) < 4.78 is 2.36. The summed E-state index contributed by atoms with van der Waals surface area (Å²) in [6, 6.07) is 49.0. The number of unbranched alkanes of at least 4 members (excludes halogenated alkanes) is 4. The maximum atomic E-state index is 4.03. The SMILES string of the molecule is CCCCc1ccc(C2(c3ccc(CCCC)cc3)c3cc4c(cc3-c3sc(Br)cc32)C(c2ccc(CCCC)cc2)(c2ccc(CCCC)cc2)c2cc(Br)sc2-4)cc1. The molecular formula is C56H56Br2S2. The molecular weight excluding hydrogens is 897 g/mol. The third kappa shape index (κ3) is 7.06. The van der Waals surface area contributed by atoms with Crippen LogP contribution in [0.25, 0.3) is 20.9 Å². The Labute approximate surface area is 383 Å². The fourth-order valence-electron chi connectivity index (χ4n) is 10.4. The van der Waals surface area contributed by atoms with E-state index in [1.54, 1.807) is 0 Å². The maximum absolute atomic E-state index is 4.03. The highest BCUT2D eigenvalue weighted by molar-refractivity contribution is 9.11. The Morgan fingerprint density at radius 2 is 0.633 bits per heavy atom. The largest absolute Gasteiger partial charge is 0.128 e. The molecule has 9 rings (SSSR count). The third-order valence-electron chi connectivity index (χ3n) is 13.5. The Morgan fingerprint density at radius 3 is 0.883 bits per heavy atom. The number of rotatable bonds is 16. The van der Waals surface area contributed by atoms with E-state index in [1.165, 1.54) is 147 Å². The monoisotopic (exact) mass is 950 g/mol. The van der Waals surface area contributed by atoms with Crippen LogP contribution in [-0.2, 0) is 36.5 Å². The number of benzene rings is 5. The lowest BCUT2D eigenvalue weighted by Crippen LogP contribution is -2.30. The second-order valence-corrected chi connectivity index (χ2v) is 22.1. The van der Waals surface area contributed by atoms with Crippen LogP contribution in [0.4, 0.5) is 0 Å². The maximum Gasteiger partial charge on any atom is 0.0722 e. The van der Waals surface area contributed by atoms with Crippen molar-refractivity contribution in [1.82, 2.24) is 0 Å². The van der Waals surface area contributed by atoms with Crippen LogP contribution in [0.2, 0.25) is 0 Å². The summed E-state index contributed by atoms with van der Waals surface area (Å²) >= 11 is 11.9. The zero-order valence-electron chi connectivity index (χ0n) is 35.6. The Bertz CT molecular complexity index is 2300. The smallest absolute Gasteiger partial charge is 0.0722 e. The normalized spacial score (nSPS) is 14.2. The third-order valence-corrected chi connectivity index (χ3v) is 16.8. The van der Waals surface area contributed by atoms with Crippen molar-refractivity contribution in [3.05, 3.63) is 196 Å². The fourth-order valence-corrected chi connectivity index (χ4v) is 13.7. The van der Waals surface area contributed by atoms with Gasteiger partial charge in [0.15, 0.2) is 0 Å². The molecule has 0 atom stereocenters. The molecule has 2 heterocycles. The summed E-state index contributed by atoms with van der Waals surface area (Å²) in [6.07, 6.45) is 14.1. The van der Waals surface area contributed by atoms with Crippen molar-refractivity contribution < 1.29 is 0 Å². The topological polar surface area (TPSA) is 0 Å². The molecule has 0 saturated heterocycles. The molecule has 0 spiro atoms. The van der Waals surface area contributed by atoms with E-state index < -0.39 is 10.8 Å². The van der Waals surface area contributed by atoms with Crippen molar-refractivity contribution in [3.63, 3.8) is 0 Å². The number of hydrogen-bond acceptors (Lipinski definition) is 2. The van der Waals surface area contributed by atoms with Crippen molar-refractivity contribution in [3.8, 4) is 20.9 Å². The van der Waals surface area contributed by atoms with Crippen LogP contribution in [0.5, 0.6) is 0 Å². The standard InChI is InChI=1S/C56H56Br2S2/c1-5-9-13-37-17-25-41(26-18-37)55(42-27-19-38(20-28-42)14-10-6-2)47-33-46-48(34-45(47)53-49(55)35-51(57)59-53)56(50-36-52(58)60-54(46)50,43-29-21-39(22-30-43)15-11-7-3)44-31-23-40(24-32-44)16-12-8-4/h17-36H,5-16H2,1-4H3. The van der Waals surface area contributed by atoms with Crippen LogP contribution in [0.3, 0.4) is 0 Å². The molecule has 4 heteroatoms. The molecule has 0 aliphatic heterocycles. The molecule has 7 aromatic rings. The highest BCUT2D eigenvalue weighted by Crippen LogP contribution is 2.65. The van der Waals surface area contributed by atoms with Crippen LogP contribution in [0, 0.1) is 0 Å². The van der Waals surface area contributed by atoms with Gasteiger partial charge in [-0.25, -0.2) is 0 Å². The molecule has 0 radical (unpaired) electrons. The summed E-state index contributed by atoms with van der Waals surface area (Å²) in [5.41, 5.74) is 18.4. The lowest BCUT2D eigenvalue weighted by molar-refractivity contribution is 0.752. The van der Waals surface area contributed by atoms with E-state index in [0.29, 0.717) is 0 Å². The van der Waals surface area contributed by atoms with Crippen LogP contribution in [0.15, 0.2) is 129 Å². The molecule has 0 unspecified atom stereocenters. The van der Waals surface area contributed by atoms with E-state index in [0.717, 1.165) is 25.7 Å². The Hall–Kier alpha value is -3.54. The number of aryl methyl sites for hydroxylation is 4. The average molecular weight is 953 g/mol. The second kappa shape index (κ2) is 17.7. The molecule has 0 fully saturated rings. The first kappa shape index (κ1) is 41.8. The first-order valence-electron chi connectivity index (χ1n) is 22.5. The van der Waals surface area contributed by atoms with Crippen LogP contribution in [0.1, 0.15) is 146 Å². The molecule has 0 saturated carbocycles. The van der Waals surface area contributed by atoms with Gasteiger partial charge in [-0.05, 0) is 185 Å². The second-order valence-electron chi connectivity index (χ2n) is 17.2. The van der Waals surface area contributed by atoms with Gasteiger partial charge in [0.2, 0.25) is 0 Å². The van der Waals surface area contributed by atoms with E-state index in [2.05, 4.69) is 181 Å². The van der Waals surface area contributed by atoms with Gasteiger partial charge >= 0.3 is 0 Å². The lowest BCUT2D eigenvalue weighted by Gasteiger charge is -2.35. The number of fused-ring (bicyclic) bond motifs is 6. The van der Waals surface area contributed by atoms with Gasteiger partial charge < -0.3 is 0 Å². The summed E-state index contributed by atoms with van der Waals surface area (Å²) in [5, 5.41) is 0. The van der Waals surface area contributed by atoms with Gasteiger partial charge in [0, 0.05) is 9.75 Å². The summed E-state index contributed by atoms with van der Waals surface area (Å²) in [5.74, 6) is 0. The minimum Gasteiger partial charge on any atom is -0.128 e. The molecule has 60 heavy (non-hydrogen) atoms. The molecule has 2 aliphatic carbocycles. The fraction of sp³-hybridized carbons (Fsp3) is 0.321. The predicted octanol–water partition coefficient (Wildman–Crippen LogP) is 17.4. The Balaban J connectivity index is 1.33. The first-order chi connectivity index (χ1) is 29.4. The molecule has 2 aliphatic rings. The first-order valence-corrected chi connectivity index (χ1v) is 25.8.